The van der Waals surface area contributed by atoms with Gasteiger partial charge in [0.25, 0.3) is 0 Å². The summed E-state index contributed by atoms with van der Waals surface area (Å²) in [6.07, 6.45) is 8.81. The number of piperazine rings is 1. The zero-order chi connectivity index (χ0) is 23.6. The Hall–Kier alpha value is -2.63. The molecule has 0 N–H and O–H groups in total. The number of rotatable bonds is 12. The number of hydrogen-bond donors (Lipinski definition) is 0. The monoisotopic (exact) mass is 462 g/mol. The number of hydrogen-bond acceptors (Lipinski definition) is 5. The lowest BCUT2D eigenvalue weighted by Gasteiger charge is -2.32. The highest BCUT2D eigenvalue weighted by atomic mass is 16.5. The van der Waals surface area contributed by atoms with Crippen LogP contribution in [0.5, 0.6) is 5.75 Å². The van der Waals surface area contributed by atoms with Crippen molar-refractivity contribution in [2.75, 3.05) is 46.4 Å². The first-order valence-electron chi connectivity index (χ1n) is 12.9. The SMILES string of the molecule is CN1CCN(CCCCCCCCCOc2ccc3oc(-c4ccccc4)cc(=O)c3c2)CC1. The lowest BCUT2D eigenvalue weighted by atomic mass is 10.1. The van der Waals surface area contributed by atoms with Crippen molar-refractivity contribution in [2.45, 2.75) is 44.9 Å². The fourth-order valence-corrected chi connectivity index (χ4v) is 4.55. The molecule has 2 heterocycles. The van der Waals surface area contributed by atoms with Crippen molar-refractivity contribution >= 4 is 11.0 Å². The normalized spacial score (nSPS) is 15.1. The maximum Gasteiger partial charge on any atom is 0.193 e. The first-order valence-corrected chi connectivity index (χ1v) is 12.9. The molecule has 0 saturated carbocycles. The molecule has 0 radical (unpaired) electrons. The molecule has 1 aliphatic heterocycles. The molecular weight excluding hydrogens is 424 g/mol. The van der Waals surface area contributed by atoms with E-state index in [-0.39, 0.29) is 5.43 Å². The fourth-order valence-electron chi connectivity index (χ4n) is 4.55. The highest BCUT2D eigenvalue weighted by Gasteiger charge is 2.12. The van der Waals surface area contributed by atoms with E-state index in [0.29, 0.717) is 23.3 Å². The minimum Gasteiger partial charge on any atom is -0.494 e. The van der Waals surface area contributed by atoms with Gasteiger partial charge in [-0.3, -0.25) is 4.79 Å². The fraction of sp³-hybridized carbons (Fsp3) is 0.483. The second-order valence-electron chi connectivity index (χ2n) is 9.47. The number of unbranched alkanes of at least 4 members (excludes halogenated alkanes) is 6. The lowest BCUT2D eigenvalue weighted by Crippen LogP contribution is -2.44. The molecule has 34 heavy (non-hydrogen) atoms. The molecular formula is C29H38N2O3. The van der Waals surface area contributed by atoms with Crippen LogP contribution in [0.3, 0.4) is 0 Å². The molecule has 1 saturated heterocycles. The first-order chi connectivity index (χ1) is 16.7. The summed E-state index contributed by atoms with van der Waals surface area (Å²) in [5.74, 6) is 1.32. The number of benzene rings is 2. The van der Waals surface area contributed by atoms with Gasteiger partial charge in [-0.2, -0.15) is 0 Å². The van der Waals surface area contributed by atoms with Gasteiger partial charge in [-0.15, -0.1) is 0 Å². The van der Waals surface area contributed by atoms with E-state index in [1.54, 1.807) is 12.1 Å². The predicted molar refractivity (Wildman–Crippen MR) is 140 cm³/mol. The Balaban J connectivity index is 1.11. The third kappa shape index (κ3) is 7.18. The van der Waals surface area contributed by atoms with Crippen molar-refractivity contribution in [1.82, 2.24) is 9.80 Å². The maximum atomic E-state index is 12.6. The van der Waals surface area contributed by atoms with E-state index in [2.05, 4.69) is 16.8 Å². The van der Waals surface area contributed by atoms with Crippen molar-refractivity contribution in [1.29, 1.82) is 0 Å². The van der Waals surface area contributed by atoms with E-state index >= 15 is 0 Å². The third-order valence-corrected chi connectivity index (χ3v) is 6.74. The Morgan fingerprint density at radius 2 is 1.53 bits per heavy atom. The number of likely N-dealkylation sites (N-methyl/N-ethyl adjacent to an activating group) is 1. The summed E-state index contributed by atoms with van der Waals surface area (Å²) in [4.78, 5) is 17.7. The largest absolute Gasteiger partial charge is 0.494 e. The quantitative estimate of drug-likeness (QED) is 0.318. The van der Waals surface area contributed by atoms with Crippen LogP contribution in [0.4, 0.5) is 0 Å². The topological polar surface area (TPSA) is 45.9 Å². The van der Waals surface area contributed by atoms with E-state index in [0.717, 1.165) is 17.7 Å². The second-order valence-corrected chi connectivity index (χ2v) is 9.47. The Labute approximate surface area is 203 Å². The number of nitrogens with zero attached hydrogens (tertiary/aromatic N) is 2. The Bertz CT molecular complexity index is 1070. The average Bonchev–Trinajstić information content (AvgIpc) is 2.87. The summed E-state index contributed by atoms with van der Waals surface area (Å²) >= 11 is 0. The molecule has 0 amide bonds. The molecule has 5 nitrogen and oxygen atoms in total. The van der Waals surface area contributed by atoms with Crippen molar-refractivity contribution < 1.29 is 9.15 Å². The smallest absolute Gasteiger partial charge is 0.193 e. The van der Waals surface area contributed by atoms with Crippen LogP contribution in [-0.4, -0.2) is 56.2 Å². The van der Waals surface area contributed by atoms with Crippen molar-refractivity contribution in [3.63, 3.8) is 0 Å². The van der Waals surface area contributed by atoms with Gasteiger partial charge < -0.3 is 19.0 Å². The van der Waals surface area contributed by atoms with Crippen LogP contribution in [0.2, 0.25) is 0 Å². The Morgan fingerprint density at radius 3 is 2.29 bits per heavy atom. The molecule has 5 heteroatoms. The zero-order valence-corrected chi connectivity index (χ0v) is 20.5. The third-order valence-electron chi connectivity index (χ3n) is 6.74. The van der Waals surface area contributed by atoms with E-state index in [1.807, 2.05) is 42.5 Å². The molecule has 0 aliphatic carbocycles. The standard InChI is InChI=1S/C29H38N2O3/c1-30-17-19-31(20-18-30)16-10-5-3-2-4-6-11-21-33-25-14-15-28-26(22-25)27(32)23-29(34-28)24-12-8-7-9-13-24/h7-9,12-15,22-23H,2-6,10-11,16-21H2,1H3. The lowest BCUT2D eigenvalue weighted by molar-refractivity contribution is 0.152. The molecule has 182 valence electrons. The summed E-state index contributed by atoms with van der Waals surface area (Å²) in [5.41, 5.74) is 1.45. The number of fused-ring (bicyclic) bond motifs is 1. The summed E-state index contributed by atoms with van der Waals surface area (Å²) in [6, 6.07) is 16.8. The van der Waals surface area contributed by atoms with Gasteiger partial charge in [-0.25, -0.2) is 0 Å². The van der Waals surface area contributed by atoms with Gasteiger partial charge in [-0.1, -0.05) is 62.4 Å². The molecule has 0 atom stereocenters. The second kappa shape index (κ2) is 12.7. The predicted octanol–water partition coefficient (Wildman–Crippen LogP) is 5.82. The molecule has 1 aliphatic rings. The summed E-state index contributed by atoms with van der Waals surface area (Å²) in [7, 11) is 2.21. The van der Waals surface area contributed by atoms with Crippen molar-refractivity contribution in [2.24, 2.45) is 0 Å². The Kier molecular flexibility index (Phi) is 9.17. The number of ether oxygens (including phenoxy) is 1. The molecule has 3 aromatic rings. The zero-order valence-electron chi connectivity index (χ0n) is 20.5. The van der Waals surface area contributed by atoms with Crippen LogP contribution in [0, 0.1) is 0 Å². The van der Waals surface area contributed by atoms with Crippen LogP contribution < -0.4 is 10.2 Å². The summed E-state index contributed by atoms with van der Waals surface area (Å²) in [6.45, 7) is 6.83. The molecule has 0 unspecified atom stereocenters. The van der Waals surface area contributed by atoms with Gasteiger partial charge in [0.15, 0.2) is 5.43 Å². The van der Waals surface area contributed by atoms with E-state index in [9.17, 15) is 4.79 Å². The minimum atomic E-state index is -0.0434. The van der Waals surface area contributed by atoms with Crippen LogP contribution in [0.15, 0.2) is 63.8 Å². The molecule has 0 spiro atoms. The Morgan fingerprint density at radius 1 is 0.824 bits per heavy atom. The minimum absolute atomic E-state index is 0.0434. The van der Waals surface area contributed by atoms with E-state index in [1.165, 1.54) is 71.2 Å². The van der Waals surface area contributed by atoms with Crippen molar-refractivity contribution in [3.05, 3.63) is 64.8 Å². The van der Waals surface area contributed by atoms with Gasteiger partial charge >= 0.3 is 0 Å². The van der Waals surface area contributed by atoms with Crippen molar-refractivity contribution in [3.8, 4) is 17.1 Å². The van der Waals surface area contributed by atoms with Gasteiger partial charge in [-0.05, 0) is 44.6 Å². The van der Waals surface area contributed by atoms with Gasteiger partial charge in [0, 0.05) is 37.8 Å². The van der Waals surface area contributed by atoms with Gasteiger partial charge in [0.2, 0.25) is 0 Å². The highest BCUT2D eigenvalue weighted by molar-refractivity contribution is 5.80. The molecule has 1 aromatic heterocycles. The molecule has 0 bridgehead atoms. The van der Waals surface area contributed by atoms with E-state index < -0.39 is 0 Å². The average molecular weight is 463 g/mol. The molecule has 1 fully saturated rings. The summed E-state index contributed by atoms with van der Waals surface area (Å²) in [5, 5.41) is 0.564. The first kappa shape index (κ1) is 24.5. The highest BCUT2D eigenvalue weighted by Crippen LogP contribution is 2.24. The van der Waals surface area contributed by atoms with Gasteiger partial charge in [0.05, 0.1) is 12.0 Å². The molecule has 2 aromatic carbocycles. The maximum absolute atomic E-state index is 12.6. The van der Waals surface area contributed by atoms with E-state index in [4.69, 9.17) is 9.15 Å². The molecule has 4 rings (SSSR count). The summed E-state index contributed by atoms with van der Waals surface area (Å²) < 4.78 is 11.9. The van der Waals surface area contributed by atoms with Crippen LogP contribution >= 0.6 is 0 Å². The van der Waals surface area contributed by atoms with Gasteiger partial charge in [0.1, 0.15) is 17.1 Å². The van der Waals surface area contributed by atoms with Crippen LogP contribution in [0.1, 0.15) is 44.9 Å². The van der Waals surface area contributed by atoms with Crippen LogP contribution in [0.25, 0.3) is 22.3 Å². The van der Waals surface area contributed by atoms with Crippen LogP contribution in [-0.2, 0) is 0 Å².